The van der Waals surface area contributed by atoms with Crippen molar-refractivity contribution in [3.8, 4) is 0 Å². The Kier molecular flexibility index (Phi) is 5.14. The number of hydrogen-bond acceptors (Lipinski definition) is 3. The van der Waals surface area contributed by atoms with Crippen molar-refractivity contribution >= 4 is 17.7 Å². The molecule has 4 heteroatoms. The molecule has 2 aromatic carbocycles. The predicted molar refractivity (Wildman–Crippen MR) is 90.4 cm³/mol. The average molecular weight is 312 g/mol. The minimum absolute atomic E-state index is 0.0210. The van der Waals surface area contributed by atoms with Gasteiger partial charge in [0.25, 0.3) is 5.91 Å². The number of piperidine rings is 1. The second-order valence-electron chi connectivity index (χ2n) is 5.43. The number of rotatable bonds is 4. The maximum Gasteiger partial charge on any atom is 0.252 e. The van der Waals surface area contributed by atoms with E-state index in [1.165, 1.54) is 0 Å². The fourth-order valence-corrected chi connectivity index (χ4v) is 3.56. The zero-order chi connectivity index (χ0) is 15.2. The van der Waals surface area contributed by atoms with Crippen LogP contribution in [0.4, 0.5) is 0 Å². The number of benzene rings is 2. The van der Waals surface area contributed by atoms with Crippen LogP contribution in [0, 0.1) is 0 Å². The summed E-state index contributed by atoms with van der Waals surface area (Å²) in [5.41, 5.74) is 0.752. The van der Waals surface area contributed by atoms with Gasteiger partial charge in [0, 0.05) is 22.4 Å². The maximum atomic E-state index is 12.6. The molecule has 1 amide bonds. The first kappa shape index (κ1) is 15.1. The molecule has 1 aliphatic rings. The number of hydrogen-bond donors (Lipinski definition) is 2. The van der Waals surface area contributed by atoms with Gasteiger partial charge in [-0.1, -0.05) is 42.1 Å². The van der Waals surface area contributed by atoms with Crippen LogP contribution in [0.25, 0.3) is 0 Å². The van der Waals surface area contributed by atoms with Crippen molar-refractivity contribution in [1.82, 2.24) is 10.6 Å². The highest BCUT2D eigenvalue weighted by molar-refractivity contribution is 7.99. The Hall–Kier alpha value is -1.78. The molecule has 114 valence electrons. The van der Waals surface area contributed by atoms with E-state index < -0.39 is 0 Å². The van der Waals surface area contributed by atoms with E-state index >= 15 is 0 Å². The second kappa shape index (κ2) is 7.47. The summed E-state index contributed by atoms with van der Waals surface area (Å²) in [6.07, 6.45) is 2.16. The lowest BCUT2D eigenvalue weighted by Gasteiger charge is -2.24. The van der Waals surface area contributed by atoms with Crippen LogP contribution in [0.5, 0.6) is 0 Å². The Balaban J connectivity index is 1.74. The van der Waals surface area contributed by atoms with Crippen molar-refractivity contribution in [1.29, 1.82) is 0 Å². The van der Waals surface area contributed by atoms with Crippen molar-refractivity contribution in [2.24, 2.45) is 0 Å². The third-order valence-electron chi connectivity index (χ3n) is 3.73. The molecule has 22 heavy (non-hydrogen) atoms. The van der Waals surface area contributed by atoms with E-state index in [0.717, 1.165) is 41.3 Å². The van der Waals surface area contributed by atoms with E-state index in [0.29, 0.717) is 0 Å². The lowest BCUT2D eigenvalue weighted by atomic mass is 10.1. The van der Waals surface area contributed by atoms with Gasteiger partial charge in [0.05, 0.1) is 5.56 Å². The van der Waals surface area contributed by atoms with Crippen LogP contribution in [0.1, 0.15) is 23.2 Å². The minimum atomic E-state index is 0.0210. The molecule has 0 bridgehead atoms. The van der Waals surface area contributed by atoms with Gasteiger partial charge in [0.1, 0.15) is 0 Å². The van der Waals surface area contributed by atoms with E-state index in [9.17, 15) is 4.79 Å². The van der Waals surface area contributed by atoms with Gasteiger partial charge in [-0.2, -0.15) is 0 Å². The average Bonchev–Trinajstić information content (AvgIpc) is 2.57. The molecule has 3 rings (SSSR count). The minimum Gasteiger partial charge on any atom is -0.348 e. The number of carbonyl (C=O) groups is 1. The number of nitrogens with one attached hydrogen (secondary N) is 2. The van der Waals surface area contributed by atoms with Gasteiger partial charge in [-0.3, -0.25) is 4.79 Å². The molecule has 2 N–H and O–H groups in total. The molecule has 1 heterocycles. The highest BCUT2D eigenvalue weighted by Crippen LogP contribution is 2.30. The zero-order valence-electron chi connectivity index (χ0n) is 12.4. The summed E-state index contributed by atoms with van der Waals surface area (Å²) in [7, 11) is 0. The molecule has 0 aromatic heterocycles. The summed E-state index contributed by atoms with van der Waals surface area (Å²) >= 11 is 1.63. The largest absolute Gasteiger partial charge is 0.348 e. The Morgan fingerprint density at radius 3 is 2.64 bits per heavy atom. The topological polar surface area (TPSA) is 41.1 Å². The highest BCUT2D eigenvalue weighted by Gasteiger charge is 2.18. The standard InChI is InChI=1S/C18H20N2OS/c21-18(20-14-7-6-12-19-13-14)16-10-4-5-11-17(16)22-15-8-2-1-3-9-15/h1-5,8-11,14,19H,6-7,12-13H2,(H,20,21). The summed E-state index contributed by atoms with van der Waals surface area (Å²) in [6.45, 7) is 1.91. The van der Waals surface area contributed by atoms with Gasteiger partial charge in [-0.25, -0.2) is 0 Å². The van der Waals surface area contributed by atoms with Crippen LogP contribution in [0.15, 0.2) is 64.4 Å². The van der Waals surface area contributed by atoms with Crippen molar-refractivity contribution in [3.63, 3.8) is 0 Å². The first-order valence-electron chi connectivity index (χ1n) is 7.66. The molecule has 1 aliphatic heterocycles. The van der Waals surface area contributed by atoms with Crippen molar-refractivity contribution in [3.05, 3.63) is 60.2 Å². The molecule has 1 unspecified atom stereocenters. The Morgan fingerprint density at radius 2 is 1.86 bits per heavy atom. The summed E-state index contributed by atoms with van der Waals surface area (Å²) in [4.78, 5) is 14.7. The van der Waals surface area contributed by atoms with Crippen molar-refractivity contribution in [2.45, 2.75) is 28.7 Å². The molecule has 1 fully saturated rings. The monoisotopic (exact) mass is 312 g/mol. The van der Waals surface area contributed by atoms with E-state index in [2.05, 4.69) is 22.8 Å². The molecule has 0 aliphatic carbocycles. The number of carbonyl (C=O) groups excluding carboxylic acids is 1. The fourth-order valence-electron chi connectivity index (χ4n) is 2.60. The van der Waals surface area contributed by atoms with Crippen LogP contribution < -0.4 is 10.6 Å². The Bertz CT molecular complexity index is 624. The van der Waals surface area contributed by atoms with Crippen LogP contribution >= 0.6 is 11.8 Å². The molecule has 0 radical (unpaired) electrons. The third kappa shape index (κ3) is 3.90. The molecular formula is C18H20N2OS. The summed E-state index contributed by atoms with van der Waals surface area (Å²) in [5, 5.41) is 6.47. The third-order valence-corrected chi connectivity index (χ3v) is 4.82. The smallest absolute Gasteiger partial charge is 0.252 e. The van der Waals surface area contributed by atoms with Crippen LogP contribution in [-0.2, 0) is 0 Å². The van der Waals surface area contributed by atoms with Gasteiger partial charge in [-0.15, -0.1) is 0 Å². The summed E-state index contributed by atoms with van der Waals surface area (Å²) in [5.74, 6) is 0.0210. The molecule has 2 aromatic rings. The second-order valence-corrected chi connectivity index (χ2v) is 6.54. The molecule has 0 spiro atoms. The predicted octanol–water partition coefficient (Wildman–Crippen LogP) is 3.32. The molecular weight excluding hydrogens is 292 g/mol. The summed E-state index contributed by atoms with van der Waals surface area (Å²) in [6, 6.07) is 18.2. The SMILES string of the molecule is O=C(NC1CCCNC1)c1ccccc1Sc1ccccc1. The fraction of sp³-hybridized carbons (Fsp3) is 0.278. The van der Waals surface area contributed by atoms with Gasteiger partial charge >= 0.3 is 0 Å². The van der Waals surface area contributed by atoms with E-state index in [1.54, 1.807) is 11.8 Å². The quantitative estimate of drug-likeness (QED) is 0.910. The van der Waals surface area contributed by atoms with Gasteiger partial charge in [-0.05, 0) is 43.7 Å². The first-order chi connectivity index (χ1) is 10.8. The van der Waals surface area contributed by atoms with Crippen molar-refractivity contribution < 1.29 is 4.79 Å². The first-order valence-corrected chi connectivity index (χ1v) is 8.48. The number of amides is 1. The lowest BCUT2D eigenvalue weighted by molar-refractivity contribution is 0.0927. The van der Waals surface area contributed by atoms with E-state index in [1.807, 2.05) is 42.5 Å². The van der Waals surface area contributed by atoms with Gasteiger partial charge < -0.3 is 10.6 Å². The van der Waals surface area contributed by atoms with Crippen LogP contribution in [0.2, 0.25) is 0 Å². The normalized spacial score (nSPS) is 17.9. The lowest BCUT2D eigenvalue weighted by Crippen LogP contribution is -2.45. The zero-order valence-corrected chi connectivity index (χ0v) is 13.2. The molecule has 0 saturated carbocycles. The van der Waals surface area contributed by atoms with Crippen molar-refractivity contribution in [2.75, 3.05) is 13.1 Å². The molecule has 1 atom stereocenters. The highest BCUT2D eigenvalue weighted by atomic mass is 32.2. The Morgan fingerprint density at radius 1 is 1.09 bits per heavy atom. The Labute approximate surface area is 135 Å². The van der Waals surface area contributed by atoms with E-state index in [4.69, 9.17) is 0 Å². The van der Waals surface area contributed by atoms with Crippen LogP contribution in [-0.4, -0.2) is 25.0 Å². The molecule has 3 nitrogen and oxygen atoms in total. The van der Waals surface area contributed by atoms with E-state index in [-0.39, 0.29) is 11.9 Å². The van der Waals surface area contributed by atoms with Gasteiger partial charge in [0.2, 0.25) is 0 Å². The summed E-state index contributed by atoms with van der Waals surface area (Å²) < 4.78 is 0. The van der Waals surface area contributed by atoms with Gasteiger partial charge in [0.15, 0.2) is 0 Å². The van der Waals surface area contributed by atoms with Crippen LogP contribution in [0.3, 0.4) is 0 Å². The molecule has 1 saturated heterocycles. The maximum absolute atomic E-state index is 12.6.